The Morgan fingerprint density at radius 1 is 0.188 bits per heavy atom. The lowest BCUT2D eigenvalue weighted by molar-refractivity contribution is -0.114. The van der Waals surface area contributed by atoms with Crippen LogP contribution in [-0.4, -0.2) is 41.4 Å². The largest absolute Gasteiger partial charge is 0.336 e. The lowest BCUT2D eigenvalue weighted by Gasteiger charge is -2.33. The third-order valence-corrected chi connectivity index (χ3v) is 22.7. The Morgan fingerprint density at radius 2 is 0.312 bits per heavy atom. The third-order valence-electron chi connectivity index (χ3n) is 22.7. The van der Waals surface area contributed by atoms with Gasteiger partial charge in [-0.25, -0.2) is 0 Å². The second-order valence-corrected chi connectivity index (χ2v) is 39.8. The maximum Gasteiger partial charge on any atom is 0.186 e. The van der Waals surface area contributed by atoms with E-state index in [4.69, 9.17) is 0 Å². The van der Waals surface area contributed by atoms with Crippen LogP contribution in [0, 0.1) is 43.3 Å². The van der Waals surface area contributed by atoms with Gasteiger partial charge in [0.25, 0.3) is 0 Å². The molecule has 0 spiro atoms. The molecule has 0 unspecified atom stereocenters. The Morgan fingerprint density at radius 3 is 0.429 bits per heavy atom. The molecule has 1 aliphatic heterocycles. The van der Waals surface area contributed by atoms with Crippen molar-refractivity contribution in [3.63, 3.8) is 0 Å². The zero-order valence-electron chi connectivity index (χ0n) is 71.0. The molecule has 0 atom stereocenters. The van der Waals surface area contributed by atoms with Gasteiger partial charge in [0.05, 0.1) is 45.6 Å². The molecular formula is C104H116N4O4. The average molecular weight is 1490 g/mol. The van der Waals surface area contributed by atoms with Gasteiger partial charge in [0.1, 0.15) is 0 Å². The molecule has 0 amide bonds. The second-order valence-electron chi connectivity index (χ2n) is 39.8. The molecule has 4 aromatic heterocycles. The first-order valence-corrected chi connectivity index (χ1v) is 40.2. The van der Waals surface area contributed by atoms with Gasteiger partial charge in [0.15, 0.2) is 23.1 Å². The molecule has 8 heteroatoms. The Hall–Kier alpha value is -10.4. The molecule has 0 saturated carbocycles. The first-order valence-electron chi connectivity index (χ1n) is 40.2. The number of allylic oxidation sites excluding steroid dienone is 20. The lowest BCUT2D eigenvalue weighted by atomic mass is 9.71. The van der Waals surface area contributed by atoms with Crippen LogP contribution in [-0.2, 0) is 45.4 Å². The predicted octanol–water partition coefficient (Wildman–Crippen LogP) is 24.7. The molecule has 0 radical (unpaired) electrons. The van der Waals surface area contributed by atoms with Gasteiger partial charge in [-0.3, -0.25) is 19.2 Å². The number of hydrogen-bond donors (Lipinski definition) is 0. The molecule has 13 rings (SSSR count). The first kappa shape index (κ1) is 79.6. The molecule has 5 aliphatic rings. The van der Waals surface area contributed by atoms with E-state index >= 15 is 19.2 Å². The Kier molecular flexibility index (Phi) is 20.6. The predicted molar refractivity (Wildman–Crippen MR) is 464 cm³/mol. The minimum Gasteiger partial charge on any atom is -0.336 e. The minimum absolute atomic E-state index is 0.0381. The molecule has 4 aromatic carbocycles. The van der Waals surface area contributed by atoms with E-state index < -0.39 is 43.3 Å². The van der Waals surface area contributed by atoms with E-state index in [1.54, 1.807) is 0 Å². The summed E-state index contributed by atoms with van der Waals surface area (Å²) in [5, 5.41) is 0. The SMILES string of the molecule is CC(C)(C)C1=CC(=C2c3ccc(n3Cc3ccccc3)C(=C3C=C(C(C)(C)C)C(=O)C(C(C)(C)C)=C3)c3ccc(n3Cc3ccccc3)C(=C3C=C(C(C)(C)C)C(=O)C(C(C)(C)C)=C3)c3ccc(n3Cc3ccccc3)C(=C3C=C(C(C)(C)C)C(=O)C(C(C)(C)C)=C3)c3ccc2n3Cc2ccccc2)C=C(C(C)(C)C)C1=O. The van der Waals surface area contributed by atoms with Gasteiger partial charge in [-0.15, -0.1) is 0 Å². The summed E-state index contributed by atoms with van der Waals surface area (Å²) < 4.78 is 10.1. The van der Waals surface area contributed by atoms with Gasteiger partial charge in [0.2, 0.25) is 0 Å². The van der Waals surface area contributed by atoms with E-state index in [1.807, 2.05) is 0 Å². The van der Waals surface area contributed by atoms with Crippen LogP contribution in [0.5, 0.6) is 0 Å². The summed E-state index contributed by atoms with van der Waals surface area (Å²) in [4.78, 5) is 62.6. The second kappa shape index (κ2) is 28.9. The maximum atomic E-state index is 15.6. The number of benzene rings is 4. The Labute approximate surface area is 667 Å². The van der Waals surface area contributed by atoms with Crippen LogP contribution in [0.2, 0.25) is 0 Å². The number of aromatic nitrogens is 4. The van der Waals surface area contributed by atoms with Crippen LogP contribution in [0.3, 0.4) is 0 Å². The van der Waals surface area contributed by atoms with Crippen LogP contribution in [0.15, 0.2) is 285 Å². The fourth-order valence-corrected chi connectivity index (χ4v) is 16.6. The summed E-state index contributed by atoms with van der Waals surface area (Å²) in [7, 11) is 0. The topological polar surface area (TPSA) is 88.0 Å². The Bertz CT molecular complexity index is 4630. The molecule has 576 valence electrons. The van der Waals surface area contributed by atoms with E-state index in [-0.39, 0.29) is 23.1 Å². The highest BCUT2D eigenvalue weighted by molar-refractivity contribution is 6.16. The number of nitrogens with zero attached hydrogens (tertiary/aromatic N) is 4. The molecule has 8 aromatic rings. The van der Waals surface area contributed by atoms with Crippen molar-refractivity contribution in [1.82, 2.24) is 18.3 Å². The van der Waals surface area contributed by atoms with E-state index in [9.17, 15) is 0 Å². The van der Waals surface area contributed by atoms with Crippen LogP contribution in [0.4, 0.5) is 0 Å². The molecule has 112 heavy (non-hydrogen) atoms. The third kappa shape index (κ3) is 15.5. The zero-order valence-corrected chi connectivity index (χ0v) is 71.0. The van der Waals surface area contributed by atoms with Crippen molar-refractivity contribution in [2.24, 2.45) is 43.3 Å². The summed E-state index contributed by atoms with van der Waals surface area (Å²) in [6.07, 6.45) is 17.5. The van der Waals surface area contributed by atoms with Crippen molar-refractivity contribution < 1.29 is 19.2 Å². The van der Waals surface area contributed by atoms with Gasteiger partial charge in [-0.1, -0.05) is 287 Å². The number of carbonyl (C=O) groups is 4. The van der Waals surface area contributed by atoms with Crippen molar-refractivity contribution >= 4 is 45.4 Å². The van der Waals surface area contributed by atoms with Gasteiger partial charge < -0.3 is 18.3 Å². The zero-order chi connectivity index (χ0) is 81.1. The first-order chi connectivity index (χ1) is 52.3. The summed E-state index contributed by atoms with van der Waals surface area (Å²) >= 11 is 0. The minimum atomic E-state index is -0.575. The smallest absolute Gasteiger partial charge is 0.186 e. The molecule has 0 saturated heterocycles. The van der Waals surface area contributed by atoms with E-state index in [1.165, 1.54) is 0 Å². The van der Waals surface area contributed by atoms with Crippen molar-refractivity contribution in [3.8, 4) is 0 Å². The number of ketones is 4. The number of fused-ring (bicyclic) bond motifs is 8. The lowest BCUT2D eigenvalue weighted by Crippen LogP contribution is -2.28. The van der Waals surface area contributed by atoms with Crippen molar-refractivity contribution in [2.45, 2.75) is 192 Å². The molecule has 0 N–H and O–H groups in total. The summed E-state index contributed by atoms with van der Waals surface area (Å²) in [5.74, 6) is 0.152. The molecule has 8 nitrogen and oxygen atoms in total. The standard InChI is InChI=1S/C104H116N4O4/c1-97(2,3)73-53-69(54-74(93(73)109)98(4,5)6)89-81-45-47-83(105(81)61-65-37-29-25-30-38-65)90(70-55-75(99(7,8)9)94(110)76(56-70)100(10,11)12)85-49-51-87(107(85)63-67-41-33-27-34-42-67)92(72-59-79(103(19,20)21)96(112)80(60-72)104(22,23)24)88-52-50-86(108(88)64-68-43-35-28-36-44-68)91(84-48-46-82(89)106(84)62-66-39-31-26-32-40-66)71-57-77(101(13,14)15)95(111)78(58-71)102(16,17)18/h25-60H,61-64H2,1-24H3. The number of Topliss-reactive ketones (excluding diaryl/α,β-unsaturated/α-hetero) is 4. The molecular weight excluding hydrogens is 1370 g/mol. The quantitative estimate of drug-likeness (QED) is 0.152. The van der Waals surface area contributed by atoms with Crippen LogP contribution in [0.1, 0.15) is 234 Å². The van der Waals surface area contributed by atoms with Crippen LogP contribution in [0.25, 0.3) is 22.3 Å². The van der Waals surface area contributed by atoms with Crippen molar-refractivity contribution in [1.29, 1.82) is 0 Å². The number of carbonyl (C=O) groups excluding carboxylic acids is 4. The number of rotatable bonds is 8. The van der Waals surface area contributed by atoms with Crippen LogP contribution >= 0.6 is 0 Å². The summed E-state index contributed by atoms with van der Waals surface area (Å²) in [6.45, 7) is 53.4. The van der Waals surface area contributed by atoms with Gasteiger partial charge in [-0.2, -0.15) is 0 Å². The monoisotopic (exact) mass is 1480 g/mol. The van der Waals surface area contributed by atoms with E-state index in [0.29, 0.717) is 26.2 Å². The highest BCUT2D eigenvalue weighted by atomic mass is 16.1. The van der Waals surface area contributed by atoms with Gasteiger partial charge in [-0.05, 0) is 185 Å². The highest BCUT2D eigenvalue weighted by Crippen LogP contribution is 2.51. The summed E-state index contributed by atoms with van der Waals surface area (Å²) in [6, 6.07) is 61.5. The fourth-order valence-electron chi connectivity index (χ4n) is 16.6. The van der Waals surface area contributed by atoms with Crippen LogP contribution < -0.4 is 0 Å². The maximum absolute atomic E-state index is 15.6. The average Bonchev–Trinajstić information content (AvgIpc) is 1.56. The molecule has 8 bridgehead atoms. The summed E-state index contributed by atoms with van der Waals surface area (Å²) in [5.41, 5.74) is 20.1. The number of hydrogen-bond acceptors (Lipinski definition) is 4. The van der Waals surface area contributed by atoms with Crippen molar-refractivity contribution in [3.05, 3.63) is 353 Å². The highest BCUT2D eigenvalue weighted by Gasteiger charge is 2.43. The van der Waals surface area contributed by atoms with E-state index in [2.05, 4.69) is 403 Å². The Balaban J connectivity index is 1.38. The molecule has 5 heterocycles. The van der Waals surface area contributed by atoms with Gasteiger partial charge in [0, 0.05) is 93.1 Å². The van der Waals surface area contributed by atoms with E-state index in [0.717, 1.165) is 157 Å². The van der Waals surface area contributed by atoms with Crippen molar-refractivity contribution in [2.75, 3.05) is 0 Å². The van der Waals surface area contributed by atoms with Gasteiger partial charge >= 0.3 is 0 Å². The normalized spacial score (nSPS) is 16.7. The molecule has 0 fully saturated rings. The fraction of sp³-hybridized carbons (Fsp3) is 0.346. The molecule has 4 aliphatic carbocycles.